The average Bonchev–Trinajstić information content (AvgIpc) is 2.45. The van der Waals surface area contributed by atoms with Gasteiger partial charge in [0.05, 0.1) is 10.5 Å². The molecule has 1 saturated carbocycles. The molecule has 2 rings (SSSR count). The van der Waals surface area contributed by atoms with Crippen LogP contribution in [0.1, 0.15) is 29.6 Å². The third-order valence-corrected chi connectivity index (χ3v) is 3.98. The van der Waals surface area contributed by atoms with Gasteiger partial charge in [0.1, 0.15) is 5.69 Å². The lowest BCUT2D eigenvalue weighted by atomic mass is 9.80. The van der Waals surface area contributed by atoms with Crippen molar-refractivity contribution in [3.8, 4) is 0 Å². The van der Waals surface area contributed by atoms with Crippen LogP contribution in [0.4, 0.5) is 11.4 Å². The monoisotopic (exact) mass is 293 g/mol. The van der Waals surface area contributed by atoms with E-state index < -0.39 is 4.92 Å². The Bertz CT molecular complexity index is 550. The molecule has 0 aliphatic heterocycles. The first-order valence-electron chi connectivity index (χ1n) is 6.81. The third-order valence-electron chi connectivity index (χ3n) is 3.98. The molecule has 1 amide bonds. The standard InChI is InChI=1S/C14H19N3O4/c1-15-13(18)10-4-5-11(12(8-10)17(19)20)16-9-14(21-2)6-3-7-14/h4-5,8,16H,3,6-7,9H2,1-2H3,(H,15,18). The molecule has 0 heterocycles. The van der Waals surface area contributed by atoms with Gasteiger partial charge in [-0.25, -0.2) is 0 Å². The maximum absolute atomic E-state index is 11.5. The normalized spacial score (nSPS) is 15.9. The highest BCUT2D eigenvalue weighted by atomic mass is 16.6. The van der Waals surface area contributed by atoms with Gasteiger partial charge in [0, 0.05) is 32.3 Å². The number of rotatable bonds is 6. The van der Waals surface area contributed by atoms with Gasteiger partial charge in [0.2, 0.25) is 0 Å². The van der Waals surface area contributed by atoms with E-state index in [-0.39, 0.29) is 22.8 Å². The van der Waals surface area contributed by atoms with Crippen molar-refractivity contribution in [2.75, 3.05) is 26.0 Å². The van der Waals surface area contributed by atoms with Crippen LogP contribution >= 0.6 is 0 Å². The molecule has 0 saturated heterocycles. The second-order valence-corrected chi connectivity index (χ2v) is 5.16. The Morgan fingerprint density at radius 3 is 2.67 bits per heavy atom. The van der Waals surface area contributed by atoms with E-state index in [1.54, 1.807) is 19.2 Å². The second-order valence-electron chi connectivity index (χ2n) is 5.16. The van der Waals surface area contributed by atoms with E-state index in [1.165, 1.54) is 13.1 Å². The van der Waals surface area contributed by atoms with Crippen LogP contribution in [-0.2, 0) is 4.74 Å². The van der Waals surface area contributed by atoms with Crippen LogP contribution in [0.3, 0.4) is 0 Å². The van der Waals surface area contributed by atoms with Crippen molar-refractivity contribution < 1.29 is 14.5 Å². The minimum atomic E-state index is -0.491. The molecular weight excluding hydrogens is 274 g/mol. The Hall–Kier alpha value is -2.15. The number of carbonyl (C=O) groups is 1. The van der Waals surface area contributed by atoms with Crippen LogP contribution in [0, 0.1) is 10.1 Å². The number of benzene rings is 1. The van der Waals surface area contributed by atoms with Gasteiger partial charge in [-0.1, -0.05) is 0 Å². The molecule has 1 aliphatic rings. The van der Waals surface area contributed by atoms with Gasteiger partial charge in [-0.2, -0.15) is 0 Å². The lowest BCUT2D eigenvalue weighted by molar-refractivity contribution is -0.384. The number of hydrogen-bond acceptors (Lipinski definition) is 5. The number of hydrogen-bond donors (Lipinski definition) is 2. The van der Waals surface area contributed by atoms with E-state index >= 15 is 0 Å². The summed E-state index contributed by atoms with van der Waals surface area (Å²) in [5, 5.41) is 16.7. The van der Waals surface area contributed by atoms with E-state index in [0.717, 1.165) is 19.3 Å². The highest BCUT2D eigenvalue weighted by Crippen LogP contribution is 2.36. The maximum atomic E-state index is 11.5. The fraction of sp³-hybridized carbons (Fsp3) is 0.500. The largest absolute Gasteiger partial charge is 0.377 e. The minimum absolute atomic E-state index is 0.110. The van der Waals surface area contributed by atoms with Crippen LogP contribution in [-0.4, -0.2) is 37.1 Å². The number of nitrogens with one attached hydrogen (secondary N) is 2. The van der Waals surface area contributed by atoms with Crippen LogP contribution < -0.4 is 10.6 Å². The average molecular weight is 293 g/mol. The molecule has 21 heavy (non-hydrogen) atoms. The summed E-state index contributed by atoms with van der Waals surface area (Å²) in [6.07, 6.45) is 2.99. The smallest absolute Gasteiger partial charge is 0.293 e. The predicted octanol–water partition coefficient (Wildman–Crippen LogP) is 1.94. The molecule has 0 atom stereocenters. The van der Waals surface area contributed by atoms with Gasteiger partial charge in [0.15, 0.2) is 0 Å². The Morgan fingerprint density at radius 2 is 2.19 bits per heavy atom. The number of amides is 1. The Kier molecular flexibility index (Phi) is 4.42. The molecule has 1 aromatic rings. The van der Waals surface area contributed by atoms with Crippen LogP contribution in [0.5, 0.6) is 0 Å². The number of nitro benzene ring substituents is 1. The fourth-order valence-electron chi connectivity index (χ4n) is 2.40. The summed E-state index contributed by atoms with van der Waals surface area (Å²) in [7, 11) is 3.14. The summed E-state index contributed by atoms with van der Waals surface area (Å²) < 4.78 is 5.48. The SMILES string of the molecule is CNC(=O)c1ccc(NCC2(OC)CCC2)c([N+](=O)[O-])c1. The molecule has 1 aliphatic carbocycles. The minimum Gasteiger partial charge on any atom is -0.377 e. The zero-order chi connectivity index (χ0) is 15.5. The maximum Gasteiger partial charge on any atom is 0.293 e. The molecule has 0 spiro atoms. The highest BCUT2D eigenvalue weighted by molar-refractivity contribution is 5.95. The number of nitrogens with zero attached hydrogens (tertiary/aromatic N) is 1. The lowest BCUT2D eigenvalue weighted by Gasteiger charge is -2.40. The molecule has 0 unspecified atom stereocenters. The van der Waals surface area contributed by atoms with Crippen LogP contribution in [0.25, 0.3) is 0 Å². The number of ether oxygens (including phenoxy) is 1. The van der Waals surface area contributed by atoms with Gasteiger partial charge >= 0.3 is 0 Å². The van der Waals surface area contributed by atoms with Crippen molar-refractivity contribution in [3.05, 3.63) is 33.9 Å². The van der Waals surface area contributed by atoms with E-state index in [9.17, 15) is 14.9 Å². The molecule has 0 radical (unpaired) electrons. The molecule has 1 fully saturated rings. The van der Waals surface area contributed by atoms with Gasteiger partial charge < -0.3 is 15.4 Å². The Morgan fingerprint density at radius 1 is 1.48 bits per heavy atom. The molecule has 114 valence electrons. The zero-order valence-corrected chi connectivity index (χ0v) is 12.1. The van der Waals surface area contributed by atoms with Crippen molar-refractivity contribution in [2.45, 2.75) is 24.9 Å². The second kappa shape index (κ2) is 6.09. The number of carbonyl (C=O) groups excluding carboxylic acids is 1. The predicted molar refractivity (Wildman–Crippen MR) is 78.6 cm³/mol. The first-order chi connectivity index (χ1) is 10.0. The lowest BCUT2D eigenvalue weighted by Crippen LogP contribution is -2.45. The van der Waals surface area contributed by atoms with E-state index in [0.29, 0.717) is 12.2 Å². The molecule has 2 N–H and O–H groups in total. The summed E-state index contributed by atoms with van der Waals surface area (Å²) >= 11 is 0. The summed E-state index contributed by atoms with van der Waals surface area (Å²) in [5.74, 6) is -0.350. The third kappa shape index (κ3) is 3.13. The van der Waals surface area contributed by atoms with Crippen LogP contribution in [0.15, 0.2) is 18.2 Å². The first kappa shape index (κ1) is 15.2. The Balaban J connectivity index is 2.18. The molecular formula is C14H19N3O4. The van der Waals surface area contributed by atoms with Crippen molar-refractivity contribution in [1.29, 1.82) is 0 Å². The fourth-order valence-corrected chi connectivity index (χ4v) is 2.40. The van der Waals surface area contributed by atoms with Gasteiger partial charge in [-0.05, 0) is 31.4 Å². The molecule has 0 bridgehead atoms. The van der Waals surface area contributed by atoms with Crippen molar-refractivity contribution in [2.24, 2.45) is 0 Å². The highest BCUT2D eigenvalue weighted by Gasteiger charge is 2.37. The van der Waals surface area contributed by atoms with Gasteiger partial charge in [-0.3, -0.25) is 14.9 Å². The van der Waals surface area contributed by atoms with Gasteiger partial charge in [-0.15, -0.1) is 0 Å². The summed E-state index contributed by atoms with van der Waals surface area (Å²) in [6.45, 7) is 0.518. The summed E-state index contributed by atoms with van der Waals surface area (Å²) in [4.78, 5) is 22.2. The number of nitro groups is 1. The van der Waals surface area contributed by atoms with E-state index in [4.69, 9.17) is 4.74 Å². The topological polar surface area (TPSA) is 93.5 Å². The van der Waals surface area contributed by atoms with Crippen molar-refractivity contribution >= 4 is 17.3 Å². The van der Waals surface area contributed by atoms with Gasteiger partial charge in [0.25, 0.3) is 11.6 Å². The summed E-state index contributed by atoms with van der Waals surface area (Å²) in [5.41, 5.74) is 0.324. The van der Waals surface area contributed by atoms with E-state index in [1.807, 2.05) is 0 Å². The Labute approximate surface area is 122 Å². The molecule has 7 nitrogen and oxygen atoms in total. The van der Waals surface area contributed by atoms with Crippen molar-refractivity contribution in [1.82, 2.24) is 5.32 Å². The molecule has 1 aromatic carbocycles. The number of methoxy groups -OCH3 is 1. The number of anilines is 1. The molecule has 0 aromatic heterocycles. The summed E-state index contributed by atoms with van der Waals surface area (Å²) in [6, 6.07) is 4.40. The zero-order valence-electron chi connectivity index (χ0n) is 12.1. The van der Waals surface area contributed by atoms with Crippen LogP contribution in [0.2, 0.25) is 0 Å². The quantitative estimate of drug-likeness (QED) is 0.617. The van der Waals surface area contributed by atoms with Crippen molar-refractivity contribution in [3.63, 3.8) is 0 Å². The van der Waals surface area contributed by atoms with E-state index in [2.05, 4.69) is 10.6 Å². The molecule has 7 heteroatoms. The first-order valence-corrected chi connectivity index (χ1v) is 6.81.